The van der Waals surface area contributed by atoms with Gasteiger partial charge in [0.1, 0.15) is 12.4 Å². The van der Waals surface area contributed by atoms with Crippen molar-refractivity contribution in [2.24, 2.45) is 5.10 Å². The zero-order valence-electron chi connectivity index (χ0n) is 13.9. The number of H-pyrrole nitrogens is 1. The van der Waals surface area contributed by atoms with Gasteiger partial charge in [-0.2, -0.15) is 14.9 Å². The fraction of sp³-hybridized carbons (Fsp3) is 0.235. The molecule has 8 heteroatoms. The van der Waals surface area contributed by atoms with Gasteiger partial charge in [0.2, 0.25) is 4.77 Å². The first-order chi connectivity index (χ1) is 12.2. The Balaban J connectivity index is 1.79. The molecule has 1 N–H and O–H groups in total. The Bertz CT molecular complexity index is 913. The van der Waals surface area contributed by atoms with Gasteiger partial charge in [0, 0.05) is 4.88 Å². The summed E-state index contributed by atoms with van der Waals surface area (Å²) in [7, 11) is 0. The highest BCUT2D eigenvalue weighted by atomic mass is 32.1. The van der Waals surface area contributed by atoms with Crippen molar-refractivity contribution in [2.45, 2.75) is 20.5 Å². The largest absolute Gasteiger partial charge is 0.490 e. The lowest BCUT2D eigenvalue weighted by atomic mass is 10.2. The van der Waals surface area contributed by atoms with Gasteiger partial charge in [0.05, 0.1) is 12.8 Å². The van der Waals surface area contributed by atoms with E-state index in [9.17, 15) is 0 Å². The van der Waals surface area contributed by atoms with Gasteiger partial charge >= 0.3 is 0 Å². The Morgan fingerprint density at radius 1 is 1.32 bits per heavy atom. The molecular weight excluding hydrogens is 356 g/mol. The van der Waals surface area contributed by atoms with Gasteiger partial charge in [0.25, 0.3) is 0 Å². The van der Waals surface area contributed by atoms with Gasteiger partial charge in [-0.1, -0.05) is 6.07 Å². The van der Waals surface area contributed by atoms with Crippen LogP contribution in [0.2, 0.25) is 0 Å². The van der Waals surface area contributed by atoms with Crippen LogP contribution in [0.15, 0.2) is 40.8 Å². The minimum Gasteiger partial charge on any atom is -0.490 e. The first kappa shape index (κ1) is 17.4. The molecule has 0 atom stereocenters. The molecule has 0 saturated heterocycles. The Hall–Kier alpha value is -2.45. The van der Waals surface area contributed by atoms with Crippen molar-refractivity contribution in [1.82, 2.24) is 14.9 Å². The van der Waals surface area contributed by atoms with Crippen LogP contribution in [0, 0.1) is 11.7 Å². The molecule has 0 fully saturated rings. The van der Waals surface area contributed by atoms with Crippen molar-refractivity contribution in [3.8, 4) is 11.5 Å². The summed E-state index contributed by atoms with van der Waals surface area (Å²) < 4.78 is 13.6. The molecule has 2 heterocycles. The van der Waals surface area contributed by atoms with Crippen LogP contribution in [0.25, 0.3) is 0 Å². The summed E-state index contributed by atoms with van der Waals surface area (Å²) in [5.74, 6) is 2.10. The first-order valence-corrected chi connectivity index (χ1v) is 9.06. The number of aromatic amines is 1. The number of aromatic nitrogens is 3. The van der Waals surface area contributed by atoms with Crippen LogP contribution in [-0.2, 0) is 6.61 Å². The number of aryl methyl sites for hydroxylation is 1. The van der Waals surface area contributed by atoms with Crippen LogP contribution < -0.4 is 9.47 Å². The maximum atomic E-state index is 5.88. The topological polar surface area (TPSA) is 64.4 Å². The zero-order chi connectivity index (χ0) is 17.6. The third-order valence-electron chi connectivity index (χ3n) is 3.35. The van der Waals surface area contributed by atoms with Gasteiger partial charge in [-0.25, -0.2) is 0 Å². The van der Waals surface area contributed by atoms with Crippen LogP contribution >= 0.6 is 23.6 Å². The SMILES string of the molecule is CCOc1cc(/C=N\n2c(C)n[nH]c2=S)ccc1OCc1cccs1. The average Bonchev–Trinajstić information content (AvgIpc) is 3.23. The number of rotatable bonds is 7. The summed E-state index contributed by atoms with van der Waals surface area (Å²) >= 11 is 6.80. The van der Waals surface area contributed by atoms with Gasteiger partial charge in [-0.15, -0.1) is 11.3 Å². The van der Waals surface area contributed by atoms with Gasteiger partial charge in [-0.3, -0.25) is 5.10 Å². The molecule has 0 bridgehead atoms. The minimum absolute atomic E-state index is 0.453. The molecular formula is C17H18N4O2S2. The monoisotopic (exact) mass is 374 g/mol. The Morgan fingerprint density at radius 2 is 2.20 bits per heavy atom. The predicted octanol–water partition coefficient (Wildman–Crippen LogP) is 4.17. The van der Waals surface area contributed by atoms with E-state index in [4.69, 9.17) is 21.7 Å². The van der Waals surface area contributed by atoms with Crippen LogP contribution in [0.5, 0.6) is 11.5 Å². The van der Waals surface area contributed by atoms with E-state index in [2.05, 4.69) is 15.3 Å². The Labute approximate surface area is 154 Å². The van der Waals surface area contributed by atoms with Crippen molar-refractivity contribution >= 4 is 29.8 Å². The predicted molar refractivity (Wildman–Crippen MR) is 101 cm³/mol. The maximum Gasteiger partial charge on any atom is 0.216 e. The second-order valence-corrected chi connectivity index (χ2v) is 6.56. The smallest absolute Gasteiger partial charge is 0.216 e. The number of thiophene rings is 1. The number of benzene rings is 1. The zero-order valence-corrected chi connectivity index (χ0v) is 15.6. The molecule has 0 aliphatic rings. The summed E-state index contributed by atoms with van der Waals surface area (Å²) in [6.07, 6.45) is 1.71. The van der Waals surface area contributed by atoms with E-state index in [-0.39, 0.29) is 0 Å². The summed E-state index contributed by atoms with van der Waals surface area (Å²) in [4.78, 5) is 1.16. The van der Waals surface area contributed by atoms with E-state index in [1.165, 1.54) is 0 Å². The molecule has 6 nitrogen and oxygen atoms in total. The van der Waals surface area contributed by atoms with Crippen LogP contribution in [-0.4, -0.2) is 27.7 Å². The van der Waals surface area contributed by atoms with Crippen molar-refractivity contribution in [1.29, 1.82) is 0 Å². The number of nitrogens with one attached hydrogen (secondary N) is 1. The molecule has 0 amide bonds. The Morgan fingerprint density at radius 3 is 2.88 bits per heavy atom. The average molecular weight is 374 g/mol. The number of hydrogen-bond donors (Lipinski definition) is 1. The maximum absolute atomic E-state index is 5.88. The number of ether oxygens (including phenoxy) is 2. The third kappa shape index (κ3) is 4.34. The van der Waals surface area contributed by atoms with Crippen molar-refractivity contribution in [3.63, 3.8) is 0 Å². The molecule has 0 aliphatic heterocycles. The second-order valence-electron chi connectivity index (χ2n) is 5.14. The minimum atomic E-state index is 0.453. The van der Waals surface area contributed by atoms with Crippen LogP contribution in [0.4, 0.5) is 0 Å². The molecule has 0 radical (unpaired) electrons. The lowest BCUT2D eigenvalue weighted by Crippen LogP contribution is -2.00. The standard InChI is InChI=1S/C17H18N4O2S2/c1-3-22-16-9-13(10-18-21-12(2)19-20-17(21)24)6-7-15(16)23-11-14-5-4-8-25-14/h4-10H,3,11H2,1-2H3,(H,20,24)/b18-10-. The van der Waals surface area contributed by atoms with E-state index in [0.29, 0.717) is 35.3 Å². The molecule has 0 aliphatic carbocycles. The van der Waals surface area contributed by atoms with Crippen molar-refractivity contribution in [2.75, 3.05) is 6.61 Å². The fourth-order valence-corrected chi connectivity index (χ4v) is 3.01. The van der Waals surface area contributed by atoms with Crippen LogP contribution in [0.1, 0.15) is 23.2 Å². The molecule has 2 aromatic heterocycles. The van der Waals surface area contributed by atoms with E-state index >= 15 is 0 Å². The lowest BCUT2D eigenvalue weighted by molar-refractivity contribution is 0.271. The molecule has 1 aromatic carbocycles. The van der Waals surface area contributed by atoms with E-state index in [1.807, 2.05) is 49.6 Å². The van der Waals surface area contributed by atoms with Gasteiger partial charge in [0.15, 0.2) is 11.5 Å². The number of nitrogens with zero attached hydrogens (tertiary/aromatic N) is 3. The number of hydrogen-bond acceptors (Lipinski definition) is 6. The van der Waals surface area contributed by atoms with E-state index < -0.39 is 0 Å². The summed E-state index contributed by atoms with van der Waals surface area (Å²) in [5.41, 5.74) is 0.884. The van der Waals surface area contributed by atoms with E-state index in [0.717, 1.165) is 10.4 Å². The van der Waals surface area contributed by atoms with Crippen molar-refractivity contribution in [3.05, 3.63) is 56.7 Å². The summed E-state index contributed by atoms with van der Waals surface area (Å²) in [5, 5.41) is 13.1. The quantitative estimate of drug-likeness (QED) is 0.498. The fourth-order valence-electron chi connectivity index (χ4n) is 2.17. The summed E-state index contributed by atoms with van der Waals surface area (Å²) in [6.45, 7) is 4.85. The Kier molecular flexibility index (Phi) is 5.62. The second kappa shape index (κ2) is 8.09. The third-order valence-corrected chi connectivity index (χ3v) is 4.47. The molecule has 25 heavy (non-hydrogen) atoms. The highest BCUT2D eigenvalue weighted by molar-refractivity contribution is 7.71. The molecule has 130 valence electrons. The molecule has 0 unspecified atom stereocenters. The molecule has 0 spiro atoms. The van der Waals surface area contributed by atoms with Gasteiger partial charge < -0.3 is 9.47 Å². The summed E-state index contributed by atoms with van der Waals surface area (Å²) in [6, 6.07) is 9.77. The molecule has 0 saturated carbocycles. The van der Waals surface area contributed by atoms with E-state index in [1.54, 1.807) is 22.2 Å². The normalized spacial score (nSPS) is 11.1. The van der Waals surface area contributed by atoms with Crippen LogP contribution in [0.3, 0.4) is 0 Å². The highest BCUT2D eigenvalue weighted by Crippen LogP contribution is 2.29. The molecule has 3 aromatic rings. The highest BCUT2D eigenvalue weighted by Gasteiger charge is 2.07. The van der Waals surface area contributed by atoms with Gasteiger partial charge in [-0.05, 0) is 61.3 Å². The molecule has 3 rings (SSSR count). The van der Waals surface area contributed by atoms with Crippen molar-refractivity contribution < 1.29 is 9.47 Å². The first-order valence-electron chi connectivity index (χ1n) is 7.77. The lowest BCUT2D eigenvalue weighted by Gasteiger charge is -2.12.